The number of carbonyl (C=O) groups excluding carboxylic acids is 1. The van der Waals surface area contributed by atoms with Crippen LogP contribution in [0.5, 0.6) is 11.6 Å². The summed E-state index contributed by atoms with van der Waals surface area (Å²) < 4.78 is 17.3. The van der Waals surface area contributed by atoms with Crippen molar-refractivity contribution in [3.8, 4) is 11.6 Å². The number of pyridine rings is 1. The van der Waals surface area contributed by atoms with E-state index in [0.717, 1.165) is 62.6 Å². The van der Waals surface area contributed by atoms with Gasteiger partial charge in [-0.2, -0.15) is 0 Å². The van der Waals surface area contributed by atoms with Crippen LogP contribution >= 0.6 is 0 Å². The maximum Gasteiger partial charge on any atom is 0.315 e. The number of nitrogens with one attached hydrogen (secondary N) is 2. The molecular weight excluding hydrogens is 420 g/mol. The van der Waals surface area contributed by atoms with Crippen molar-refractivity contribution in [2.24, 2.45) is 0 Å². The Hall–Kier alpha value is -2.84. The number of benzene rings is 1. The van der Waals surface area contributed by atoms with Crippen molar-refractivity contribution >= 4 is 6.03 Å². The number of morpholine rings is 1. The molecule has 0 bridgehead atoms. The van der Waals surface area contributed by atoms with E-state index in [1.807, 2.05) is 36.4 Å². The molecule has 0 radical (unpaired) electrons. The fourth-order valence-corrected chi connectivity index (χ4v) is 4.11. The molecule has 1 aromatic carbocycles. The lowest BCUT2D eigenvalue weighted by atomic mass is 10.2. The number of ether oxygens (including phenoxy) is 3. The monoisotopic (exact) mass is 454 g/mol. The molecule has 8 nitrogen and oxygen atoms in total. The van der Waals surface area contributed by atoms with Crippen LogP contribution in [0.2, 0.25) is 0 Å². The molecule has 4 rings (SSSR count). The van der Waals surface area contributed by atoms with E-state index in [9.17, 15) is 4.79 Å². The second-order valence-corrected chi connectivity index (χ2v) is 8.48. The quantitative estimate of drug-likeness (QED) is 0.574. The van der Waals surface area contributed by atoms with Crippen LogP contribution in [0, 0.1) is 0 Å². The highest BCUT2D eigenvalue weighted by Gasteiger charge is 2.18. The van der Waals surface area contributed by atoms with E-state index in [4.69, 9.17) is 14.2 Å². The molecular formula is C25H34N4O4. The Bertz CT molecular complexity index is 882. The van der Waals surface area contributed by atoms with Gasteiger partial charge < -0.3 is 24.8 Å². The van der Waals surface area contributed by atoms with Gasteiger partial charge in [-0.3, -0.25) is 4.90 Å². The third-order valence-electron chi connectivity index (χ3n) is 6.00. The summed E-state index contributed by atoms with van der Waals surface area (Å²) in [5, 5.41) is 5.81. The summed E-state index contributed by atoms with van der Waals surface area (Å²) in [4.78, 5) is 19.0. The van der Waals surface area contributed by atoms with Crippen molar-refractivity contribution in [1.29, 1.82) is 0 Å². The SMILES string of the molecule is O=C(NCc1cccc(OCCN2CCOCC2)c1)NCc1cccnc1OC1CCCC1. The molecule has 1 aromatic heterocycles. The highest BCUT2D eigenvalue weighted by Crippen LogP contribution is 2.25. The summed E-state index contributed by atoms with van der Waals surface area (Å²) in [7, 11) is 0. The number of hydrogen-bond donors (Lipinski definition) is 2. The summed E-state index contributed by atoms with van der Waals surface area (Å²) in [6, 6.07) is 11.4. The highest BCUT2D eigenvalue weighted by molar-refractivity contribution is 5.73. The van der Waals surface area contributed by atoms with E-state index >= 15 is 0 Å². The third-order valence-corrected chi connectivity index (χ3v) is 6.00. The number of nitrogens with zero attached hydrogens (tertiary/aromatic N) is 2. The maximum atomic E-state index is 12.3. The van der Waals surface area contributed by atoms with Crippen molar-refractivity contribution in [2.75, 3.05) is 39.5 Å². The number of amides is 2. The van der Waals surface area contributed by atoms with Crippen LogP contribution < -0.4 is 20.1 Å². The second kappa shape index (κ2) is 12.4. The van der Waals surface area contributed by atoms with Gasteiger partial charge in [0.15, 0.2) is 0 Å². The first-order chi connectivity index (χ1) is 16.3. The first-order valence-corrected chi connectivity index (χ1v) is 11.9. The van der Waals surface area contributed by atoms with E-state index in [-0.39, 0.29) is 12.1 Å². The number of carbonyl (C=O) groups is 1. The molecule has 2 N–H and O–H groups in total. The average molecular weight is 455 g/mol. The summed E-state index contributed by atoms with van der Waals surface area (Å²) in [5.74, 6) is 1.43. The van der Waals surface area contributed by atoms with Crippen LogP contribution in [0.1, 0.15) is 36.8 Å². The molecule has 0 spiro atoms. The van der Waals surface area contributed by atoms with Gasteiger partial charge in [0.2, 0.25) is 5.88 Å². The number of aromatic nitrogens is 1. The predicted molar refractivity (Wildman–Crippen MR) is 125 cm³/mol. The Labute approximate surface area is 195 Å². The van der Waals surface area contributed by atoms with Crippen molar-refractivity contribution in [3.63, 3.8) is 0 Å². The van der Waals surface area contributed by atoms with E-state index in [1.54, 1.807) is 6.20 Å². The van der Waals surface area contributed by atoms with Gasteiger partial charge in [0, 0.05) is 44.5 Å². The fraction of sp³-hybridized carbons (Fsp3) is 0.520. The first-order valence-electron chi connectivity index (χ1n) is 11.9. The minimum absolute atomic E-state index is 0.232. The number of rotatable bonds is 10. The molecule has 0 atom stereocenters. The van der Waals surface area contributed by atoms with Crippen molar-refractivity contribution < 1.29 is 19.0 Å². The highest BCUT2D eigenvalue weighted by atomic mass is 16.5. The molecule has 2 amide bonds. The smallest absolute Gasteiger partial charge is 0.315 e. The van der Waals surface area contributed by atoms with Crippen LogP contribution in [-0.4, -0.2) is 61.5 Å². The van der Waals surface area contributed by atoms with Gasteiger partial charge in [-0.15, -0.1) is 0 Å². The normalized spacial score (nSPS) is 17.0. The molecule has 1 saturated carbocycles. The predicted octanol–water partition coefficient (Wildman–Crippen LogP) is 3.11. The van der Waals surface area contributed by atoms with Gasteiger partial charge in [-0.05, 0) is 49.4 Å². The van der Waals surface area contributed by atoms with Crippen LogP contribution in [0.15, 0.2) is 42.6 Å². The molecule has 0 unspecified atom stereocenters. The second-order valence-electron chi connectivity index (χ2n) is 8.48. The van der Waals surface area contributed by atoms with Crippen LogP contribution in [0.3, 0.4) is 0 Å². The van der Waals surface area contributed by atoms with Gasteiger partial charge in [0.25, 0.3) is 0 Å². The number of urea groups is 1. The van der Waals surface area contributed by atoms with Gasteiger partial charge in [0.1, 0.15) is 18.5 Å². The minimum Gasteiger partial charge on any atom is -0.492 e. The van der Waals surface area contributed by atoms with E-state index in [1.165, 1.54) is 12.8 Å². The maximum absolute atomic E-state index is 12.3. The molecule has 33 heavy (non-hydrogen) atoms. The summed E-state index contributed by atoms with van der Waals surface area (Å²) in [5.41, 5.74) is 1.87. The van der Waals surface area contributed by atoms with Gasteiger partial charge in [-0.1, -0.05) is 18.2 Å². The van der Waals surface area contributed by atoms with Crippen LogP contribution in [0.25, 0.3) is 0 Å². The van der Waals surface area contributed by atoms with Gasteiger partial charge in [-0.25, -0.2) is 9.78 Å². The Kier molecular flexibility index (Phi) is 8.77. The standard InChI is InChI=1S/C25H34N4O4/c30-25(28-19-21-6-4-10-26-24(21)33-22-7-1-2-8-22)27-18-20-5-3-9-23(17-20)32-16-13-29-11-14-31-15-12-29/h3-6,9-10,17,22H,1-2,7-8,11-16,18-19H2,(H2,27,28,30). The lowest BCUT2D eigenvalue weighted by molar-refractivity contribution is 0.0322. The van der Waals surface area contributed by atoms with Crippen molar-refractivity contribution in [2.45, 2.75) is 44.9 Å². The lowest BCUT2D eigenvalue weighted by Gasteiger charge is -2.26. The van der Waals surface area contributed by atoms with Crippen LogP contribution in [0.4, 0.5) is 4.79 Å². The molecule has 1 saturated heterocycles. The fourth-order valence-electron chi connectivity index (χ4n) is 4.11. The Morgan fingerprint density at radius 2 is 1.91 bits per heavy atom. The molecule has 2 aliphatic rings. The molecule has 1 aliphatic heterocycles. The molecule has 8 heteroatoms. The first kappa shape index (κ1) is 23.3. The molecule has 1 aliphatic carbocycles. The van der Waals surface area contributed by atoms with E-state index in [0.29, 0.717) is 25.6 Å². The summed E-state index contributed by atoms with van der Waals surface area (Å²) in [6.07, 6.45) is 6.50. The van der Waals surface area contributed by atoms with E-state index < -0.39 is 0 Å². The van der Waals surface area contributed by atoms with E-state index in [2.05, 4.69) is 20.5 Å². The zero-order chi connectivity index (χ0) is 22.7. The van der Waals surface area contributed by atoms with Gasteiger partial charge in [0.05, 0.1) is 13.2 Å². The summed E-state index contributed by atoms with van der Waals surface area (Å²) in [6.45, 7) is 5.79. The Morgan fingerprint density at radius 3 is 2.76 bits per heavy atom. The molecule has 2 aromatic rings. The Morgan fingerprint density at radius 1 is 1.09 bits per heavy atom. The molecule has 178 valence electrons. The molecule has 2 heterocycles. The van der Waals surface area contributed by atoms with Crippen molar-refractivity contribution in [3.05, 3.63) is 53.7 Å². The van der Waals surface area contributed by atoms with Crippen molar-refractivity contribution in [1.82, 2.24) is 20.5 Å². The molecule has 2 fully saturated rings. The largest absolute Gasteiger partial charge is 0.492 e. The zero-order valence-electron chi connectivity index (χ0n) is 19.1. The summed E-state index contributed by atoms with van der Waals surface area (Å²) >= 11 is 0. The third kappa shape index (κ3) is 7.61. The lowest BCUT2D eigenvalue weighted by Crippen LogP contribution is -2.38. The topological polar surface area (TPSA) is 85.0 Å². The average Bonchev–Trinajstić information content (AvgIpc) is 3.36. The van der Waals surface area contributed by atoms with Crippen LogP contribution in [-0.2, 0) is 17.8 Å². The zero-order valence-corrected chi connectivity index (χ0v) is 19.1. The Balaban J connectivity index is 1.19. The number of hydrogen-bond acceptors (Lipinski definition) is 6. The minimum atomic E-state index is -0.232. The van der Waals surface area contributed by atoms with Gasteiger partial charge >= 0.3 is 6.03 Å².